The summed E-state index contributed by atoms with van der Waals surface area (Å²) < 4.78 is 7.67. The Hall–Kier alpha value is -1.66. The molecule has 1 aliphatic heterocycles. The van der Waals surface area contributed by atoms with Gasteiger partial charge >= 0.3 is 0 Å². The predicted octanol–water partition coefficient (Wildman–Crippen LogP) is 0.606. The van der Waals surface area contributed by atoms with E-state index in [1.165, 1.54) is 5.56 Å². The Morgan fingerprint density at radius 3 is 3.28 bits per heavy atom. The summed E-state index contributed by atoms with van der Waals surface area (Å²) in [6, 6.07) is 2.11. The van der Waals surface area contributed by atoms with Gasteiger partial charge in [0, 0.05) is 25.2 Å². The van der Waals surface area contributed by atoms with Crippen LogP contribution < -0.4 is 5.32 Å². The van der Waals surface area contributed by atoms with Crippen LogP contribution in [0.2, 0.25) is 0 Å². The first kappa shape index (κ1) is 11.4. The second kappa shape index (κ2) is 4.91. The van der Waals surface area contributed by atoms with Gasteiger partial charge in [-0.15, -0.1) is 10.2 Å². The summed E-state index contributed by atoms with van der Waals surface area (Å²) in [5, 5.41) is 11.2. The minimum absolute atomic E-state index is 0.830. The maximum absolute atomic E-state index is 5.56. The topological polar surface area (TPSA) is 59.1 Å². The zero-order valence-electron chi connectivity index (χ0n) is 10.5. The van der Waals surface area contributed by atoms with Crippen molar-refractivity contribution < 1.29 is 4.42 Å². The third-order valence-electron chi connectivity index (χ3n) is 3.19. The lowest BCUT2D eigenvalue weighted by atomic mass is 10.3. The van der Waals surface area contributed by atoms with Crippen LogP contribution in [0.4, 0.5) is 0 Å². The smallest absolute Gasteiger partial charge is 0.147 e. The molecule has 3 rings (SSSR count). The van der Waals surface area contributed by atoms with Crippen molar-refractivity contribution in [3.05, 3.63) is 35.8 Å². The van der Waals surface area contributed by atoms with Crippen LogP contribution in [-0.4, -0.2) is 33.3 Å². The van der Waals surface area contributed by atoms with Crippen molar-refractivity contribution in [3.8, 4) is 0 Å². The average Bonchev–Trinajstić information content (AvgIpc) is 2.98. The highest BCUT2D eigenvalue weighted by atomic mass is 16.3. The third kappa shape index (κ3) is 2.30. The lowest BCUT2D eigenvalue weighted by Crippen LogP contribution is -2.33. The molecule has 0 radical (unpaired) electrons. The molecule has 0 bridgehead atoms. The number of hydrogen-bond acceptors (Lipinski definition) is 5. The molecule has 18 heavy (non-hydrogen) atoms. The van der Waals surface area contributed by atoms with E-state index in [0.717, 1.165) is 44.3 Å². The Balaban J connectivity index is 1.63. The molecule has 2 aromatic heterocycles. The number of fused-ring (bicyclic) bond motifs is 1. The summed E-state index contributed by atoms with van der Waals surface area (Å²) in [6.07, 6.45) is 3.61. The van der Waals surface area contributed by atoms with Crippen molar-refractivity contribution in [2.45, 2.75) is 26.2 Å². The molecule has 0 saturated heterocycles. The van der Waals surface area contributed by atoms with E-state index >= 15 is 0 Å². The number of aromatic nitrogens is 3. The van der Waals surface area contributed by atoms with Gasteiger partial charge in [-0.25, -0.2) is 0 Å². The Morgan fingerprint density at radius 2 is 2.39 bits per heavy atom. The molecule has 0 atom stereocenters. The van der Waals surface area contributed by atoms with E-state index in [2.05, 4.69) is 31.0 Å². The first-order chi connectivity index (χ1) is 8.85. The van der Waals surface area contributed by atoms with E-state index < -0.39 is 0 Å². The van der Waals surface area contributed by atoms with E-state index in [-0.39, 0.29) is 0 Å². The minimum Gasteiger partial charge on any atom is -0.468 e. The van der Waals surface area contributed by atoms with Crippen molar-refractivity contribution in [1.82, 2.24) is 25.0 Å². The SMILES string of the molecule is CNCc1coc(CN2CCn3cnnc3C2)c1. The molecule has 6 heteroatoms. The van der Waals surface area contributed by atoms with Gasteiger partial charge in [0.2, 0.25) is 0 Å². The second-order valence-corrected chi connectivity index (χ2v) is 4.60. The lowest BCUT2D eigenvalue weighted by molar-refractivity contribution is 0.194. The highest BCUT2D eigenvalue weighted by Crippen LogP contribution is 2.15. The molecule has 0 unspecified atom stereocenters. The monoisotopic (exact) mass is 247 g/mol. The number of rotatable bonds is 4. The van der Waals surface area contributed by atoms with Gasteiger partial charge in [0.15, 0.2) is 0 Å². The largest absolute Gasteiger partial charge is 0.468 e. The molecule has 96 valence electrons. The van der Waals surface area contributed by atoms with Crippen molar-refractivity contribution in [1.29, 1.82) is 0 Å². The summed E-state index contributed by atoms with van der Waals surface area (Å²) in [5.74, 6) is 2.04. The number of nitrogens with one attached hydrogen (secondary N) is 1. The van der Waals surface area contributed by atoms with E-state index in [1.807, 2.05) is 13.3 Å². The number of nitrogens with zero attached hydrogens (tertiary/aromatic N) is 4. The molecule has 0 aromatic carbocycles. The van der Waals surface area contributed by atoms with Crippen LogP contribution in [0.25, 0.3) is 0 Å². The molecule has 0 saturated carbocycles. The van der Waals surface area contributed by atoms with Crippen LogP contribution in [0.1, 0.15) is 17.1 Å². The van der Waals surface area contributed by atoms with Crippen LogP contribution >= 0.6 is 0 Å². The molecule has 1 N–H and O–H groups in total. The van der Waals surface area contributed by atoms with Crippen LogP contribution in [0, 0.1) is 0 Å². The molecule has 0 spiro atoms. The molecule has 3 heterocycles. The average molecular weight is 247 g/mol. The molecule has 2 aromatic rings. The summed E-state index contributed by atoms with van der Waals surface area (Å²) in [7, 11) is 1.93. The fourth-order valence-electron chi connectivity index (χ4n) is 2.28. The fraction of sp³-hybridized carbons (Fsp3) is 0.500. The number of furan rings is 1. The lowest BCUT2D eigenvalue weighted by Gasteiger charge is -2.25. The number of hydrogen-bond donors (Lipinski definition) is 1. The molecule has 0 fully saturated rings. The highest BCUT2D eigenvalue weighted by Gasteiger charge is 2.18. The zero-order chi connectivity index (χ0) is 12.4. The van der Waals surface area contributed by atoms with E-state index in [4.69, 9.17) is 4.42 Å². The van der Waals surface area contributed by atoms with Gasteiger partial charge in [-0.1, -0.05) is 0 Å². The van der Waals surface area contributed by atoms with Crippen molar-refractivity contribution in [2.75, 3.05) is 13.6 Å². The van der Waals surface area contributed by atoms with Gasteiger partial charge in [0.1, 0.15) is 17.9 Å². The van der Waals surface area contributed by atoms with Gasteiger partial charge < -0.3 is 14.3 Å². The Morgan fingerprint density at radius 1 is 1.44 bits per heavy atom. The van der Waals surface area contributed by atoms with Gasteiger partial charge in [0.25, 0.3) is 0 Å². The molecular formula is C12H17N5O. The molecule has 0 amide bonds. The van der Waals surface area contributed by atoms with Crippen molar-refractivity contribution >= 4 is 0 Å². The maximum atomic E-state index is 5.56. The van der Waals surface area contributed by atoms with Crippen LogP contribution in [0.15, 0.2) is 23.1 Å². The van der Waals surface area contributed by atoms with Crippen LogP contribution in [0.3, 0.4) is 0 Å². The van der Waals surface area contributed by atoms with Crippen molar-refractivity contribution in [3.63, 3.8) is 0 Å². The van der Waals surface area contributed by atoms with Gasteiger partial charge in [0.05, 0.1) is 19.4 Å². The predicted molar refractivity (Wildman–Crippen MR) is 65.6 cm³/mol. The minimum atomic E-state index is 0.830. The fourth-order valence-corrected chi connectivity index (χ4v) is 2.28. The van der Waals surface area contributed by atoms with E-state index in [0.29, 0.717) is 0 Å². The van der Waals surface area contributed by atoms with Gasteiger partial charge in [-0.3, -0.25) is 4.90 Å². The molecule has 6 nitrogen and oxygen atoms in total. The standard InChI is InChI=1S/C12H17N5O/c1-13-5-10-4-11(18-8-10)6-16-2-3-17-9-14-15-12(17)7-16/h4,8-9,13H,2-3,5-7H2,1H3. The van der Waals surface area contributed by atoms with Gasteiger partial charge in [-0.2, -0.15) is 0 Å². The van der Waals surface area contributed by atoms with Crippen molar-refractivity contribution in [2.24, 2.45) is 0 Å². The zero-order valence-corrected chi connectivity index (χ0v) is 10.5. The third-order valence-corrected chi connectivity index (χ3v) is 3.19. The van der Waals surface area contributed by atoms with E-state index in [1.54, 1.807) is 6.33 Å². The quantitative estimate of drug-likeness (QED) is 0.857. The molecule has 0 aliphatic carbocycles. The Labute approximate surface area is 106 Å². The first-order valence-electron chi connectivity index (χ1n) is 6.15. The highest BCUT2D eigenvalue weighted by molar-refractivity contribution is 5.12. The summed E-state index contributed by atoms with van der Waals surface area (Å²) in [5.41, 5.74) is 1.19. The first-order valence-corrected chi connectivity index (χ1v) is 6.15. The summed E-state index contributed by atoms with van der Waals surface area (Å²) >= 11 is 0. The summed E-state index contributed by atoms with van der Waals surface area (Å²) in [4.78, 5) is 2.33. The van der Waals surface area contributed by atoms with Crippen LogP contribution in [0.5, 0.6) is 0 Å². The normalized spacial score (nSPS) is 15.8. The summed E-state index contributed by atoms with van der Waals surface area (Å²) in [6.45, 7) is 4.47. The second-order valence-electron chi connectivity index (χ2n) is 4.60. The molecular weight excluding hydrogens is 230 g/mol. The Bertz CT molecular complexity index is 518. The molecule has 1 aliphatic rings. The van der Waals surface area contributed by atoms with E-state index in [9.17, 15) is 0 Å². The Kier molecular flexibility index (Phi) is 3.12. The maximum Gasteiger partial charge on any atom is 0.147 e. The van der Waals surface area contributed by atoms with Crippen LogP contribution in [-0.2, 0) is 26.2 Å². The van der Waals surface area contributed by atoms with Gasteiger partial charge in [-0.05, 0) is 13.1 Å².